The van der Waals surface area contributed by atoms with E-state index in [4.69, 9.17) is 23.8 Å². The predicted molar refractivity (Wildman–Crippen MR) is 82.1 cm³/mol. The van der Waals surface area contributed by atoms with E-state index in [-0.39, 0.29) is 11.5 Å². The Kier molecular flexibility index (Phi) is 7.24. The summed E-state index contributed by atoms with van der Waals surface area (Å²) in [6.07, 6.45) is -5.42. The van der Waals surface area contributed by atoms with Crippen LogP contribution in [0.1, 0.15) is 12.8 Å². The van der Waals surface area contributed by atoms with Crippen molar-refractivity contribution < 1.29 is 27.5 Å². The second-order valence-electron chi connectivity index (χ2n) is 4.29. The van der Waals surface area contributed by atoms with Crippen LogP contribution in [0.3, 0.4) is 0 Å². The molecule has 0 fully saturated rings. The van der Waals surface area contributed by atoms with Gasteiger partial charge in [-0.05, 0) is 36.5 Å². The maximum absolute atomic E-state index is 11.8. The van der Waals surface area contributed by atoms with Gasteiger partial charge in [0.1, 0.15) is 0 Å². The van der Waals surface area contributed by atoms with Gasteiger partial charge in [0.15, 0.2) is 11.7 Å². The van der Waals surface area contributed by atoms with Gasteiger partial charge in [0.2, 0.25) is 5.91 Å². The molecule has 0 spiro atoms. The Bertz CT molecular complexity index is 579. The highest BCUT2D eigenvalue weighted by atomic mass is 35.5. The van der Waals surface area contributed by atoms with Crippen molar-refractivity contribution in [2.45, 2.75) is 19.0 Å². The molecule has 10 heteroatoms. The average Bonchev–Trinajstić information content (AvgIpc) is 2.44. The van der Waals surface area contributed by atoms with Gasteiger partial charge in [0, 0.05) is 17.1 Å². The third-order valence-electron chi connectivity index (χ3n) is 2.31. The first kappa shape index (κ1) is 19.2. The third kappa shape index (κ3) is 8.99. The molecule has 0 aromatic heterocycles. The van der Waals surface area contributed by atoms with Gasteiger partial charge in [-0.25, -0.2) is 0 Å². The van der Waals surface area contributed by atoms with E-state index in [1.54, 1.807) is 24.3 Å². The zero-order chi connectivity index (χ0) is 17.5. The minimum Gasteiger partial charge on any atom is -0.456 e. The molecule has 0 aliphatic heterocycles. The Morgan fingerprint density at radius 3 is 2.35 bits per heavy atom. The number of carbonyl (C=O) groups is 2. The highest BCUT2D eigenvalue weighted by Crippen LogP contribution is 2.15. The number of esters is 1. The quantitative estimate of drug-likeness (QED) is 0.617. The van der Waals surface area contributed by atoms with Crippen molar-refractivity contribution >= 4 is 46.5 Å². The normalized spacial score (nSPS) is 10.8. The predicted octanol–water partition coefficient (Wildman–Crippen LogP) is 3.04. The Hall–Kier alpha value is -1.87. The lowest BCUT2D eigenvalue weighted by Crippen LogP contribution is -2.34. The Morgan fingerprint density at radius 1 is 1.17 bits per heavy atom. The zero-order valence-electron chi connectivity index (χ0n) is 11.6. The Morgan fingerprint density at radius 2 is 1.78 bits per heavy atom. The number of halogens is 4. The summed E-state index contributed by atoms with van der Waals surface area (Å²) in [4.78, 5) is 22.6. The fourth-order valence-electron chi connectivity index (χ4n) is 1.33. The van der Waals surface area contributed by atoms with E-state index in [1.807, 2.05) is 0 Å². The molecule has 1 amide bonds. The summed E-state index contributed by atoms with van der Waals surface area (Å²) in [6, 6.07) is 6.50. The van der Waals surface area contributed by atoms with E-state index in [9.17, 15) is 22.8 Å². The number of thiocarbonyl (C=S) groups is 1. The molecule has 1 rings (SSSR count). The van der Waals surface area contributed by atoms with Crippen LogP contribution in [0.2, 0.25) is 5.02 Å². The van der Waals surface area contributed by atoms with Gasteiger partial charge < -0.3 is 15.4 Å². The molecule has 23 heavy (non-hydrogen) atoms. The lowest BCUT2D eigenvalue weighted by Gasteiger charge is -2.10. The molecule has 0 unspecified atom stereocenters. The van der Waals surface area contributed by atoms with E-state index in [1.165, 1.54) is 0 Å². The summed E-state index contributed by atoms with van der Waals surface area (Å²) in [6.45, 7) is -1.68. The number of anilines is 1. The molecule has 0 saturated heterocycles. The molecule has 0 atom stereocenters. The lowest BCUT2D eigenvalue weighted by molar-refractivity contribution is -0.186. The van der Waals surface area contributed by atoms with Gasteiger partial charge >= 0.3 is 12.1 Å². The van der Waals surface area contributed by atoms with E-state index in [0.29, 0.717) is 10.7 Å². The Labute approximate surface area is 140 Å². The maximum Gasteiger partial charge on any atom is 0.422 e. The number of rotatable bonds is 5. The lowest BCUT2D eigenvalue weighted by atomic mass is 10.3. The summed E-state index contributed by atoms with van der Waals surface area (Å²) >= 11 is 10.6. The number of hydrogen-bond donors (Lipinski definition) is 2. The van der Waals surface area contributed by atoms with Crippen LogP contribution < -0.4 is 10.6 Å². The summed E-state index contributed by atoms with van der Waals surface area (Å²) < 4.78 is 39.4. The molecule has 0 aliphatic carbocycles. The number of carbonyl (C=O) groups excluding carboxylic acids is 2. The van der Waals surface area contributed by atoms with Crippen LogP contribution in [0.5, 0.6) is 0 Å². The minimum absolute atomic E-state index is 0.0130. The second-order valence-corrected chi connectivity index (χ2v) is 5.13. The second kappa shape index (κ2) is 8.68. The molecule has 1 aromatic carbocycles. The van der Waals surface area contributed by atoms with Crippen LogP contribution in [-0.2, 0) is 14.3 Å². The van der Waals surface area contributed by atoms with Crippen LogP contribution >= 0.6 is 23.8 Å². The smallest absolute Gasteiger partial charge is 0.422 e. The van der Waals surface area contributed by atoms with Crippen molar-refractivity contribution in [3.63, 3.8) is 0 Å². The van der Waals surface area contributed by atoms with Crippen LogP contribution in [0.15, 0.2) is 24.3 Å². The van der Waals surface area contributed by atoms with E-state index < -0.39 is 31.1 Å². The molecule has 5 nitrogen and oxygen atoms in total. The monoisotopic (exact) mass is 368 g/mol. The number of amides is 1. The minimum atomic E-state index is -4.60. The van der Waals surface area contributed by atoms with Crippen molar-refractivity contribution in [3.8, 4) is 0 Å². The topological polar surface area (TPSA) is 67.4 Å². The first-order valence-corrected chi connectivity index (χ1v) is 7.03. The standard InChI is InChI=1S/C13H12ClF3N2O3S/c14-8-1-3-9(4-2-8)18-12(23)19-10(20)5-6-11(21)22-7-13(15,16)17/h1-4H,5-7H2,(H2,18,19,20,23). The molecule has 126 valence electrons. The number of ether oxygens (including phenoxy) is 1. The molecule has 2 N–H and O–H groups in total. The molecule has 1 aromatic rings. The molecule has 0 aliphatic rings. The number of hydrogen-bond acceptors (Lipinski definition) is 4. The highest BCUT2D eigenvalue weighted by Gasteiger charge is 2.29. The molecule has 0 heterocycles. The van der Waals surface area contributed by atoms with Crippen molar-refractivity contribution in [2.24, 2.45) is 0 Å². The largest absolute Gasteiger partial charge is 0.456 e. The Balaban J connectivity index is 2.29. The van der Waals surface area contributed by atoms with E-state index in [0.717, 1.165) is 0 Å². The van der Waals surface area contributed by atoms with Crippen LogP contribution in [0.4, 0.5) is 18.9 Å². The summed E-state index contributed by atoms with van der Waals surface area (Å²) in [5.74, 6) is -1.74. The fourth-order valence-corrected chi connectivity index (χ4v) is 1.69. The van der Waals surface area contributed by atoms with E-state index >= 15 is 0 Å². The van der Waals surface area contributed by atoms with Gasteiger partial charge in [0.05, 0.1) is 6.42 Å². The first-order chi connectivity index (χ1) is 10.7. The van der Waals surface area contributed by atoms with Crippen molar-refractivity contribution in [1.82, 2.24) is 5.32 Å². The fraction of sp³-hybridized carbons (Fsp3) is 0.308. The first-order valence-electron chi connectivity index (χ1n) is 6.24. The van der Waals surface area contributed by atoms with E-state index in [2.05, 4.69) is 15.4 Å². The summed E-state index contributed by atoms with van der Waals surface area (Å²) in [5.41, 5.74) is 0.587. The molecular weight excluding hydrogens is 357 g/mol. The molecule has 0 bridgehead atoms. The summed E-state index contributed by atoms with van der Waals surface area (Å²) in [7, 11) is 0. The van der Waals surface area contributed by atoms with Crippen molar-refractivity contribution in [2.75, 3.05) is 11.9 Å². The van der Waals surface area contributed by atoms with Gasteiger partial charge in [-0.3, -0.25) is 9.59 Å². The SMILES string of the molecule is O=C(CCC(=O)OCC(F)(F)F)NC(=S)Nc1ccc(Cl)cc1. The van der Waals surface area contributed by atoms with Gasteiger partial charge in [-0.15, -0.1) is 0 Å². The highest BCUT2D eigenvalue weighted by molar-refractivity contribution is 7.80. The van der Waals surface area contributed by atoms with Gasteiger partial charge in [0.25, 0.3) is 0 Å². The number of benzene rings is 1. The van der Waals surface area contributed by atoms with Crippen LogP contribution in [0, 0.1) is 0 Å². The zero-order valence-corrected chi connectivity index (χ0v) is 13.1. The van der Waals surface area contributed by atoms with Crippen molar-refractivity contribution in [3.05, 3.63) is 29.3 Å². The van der Waals surface area contributed by atoms with Gasteiger partial charge in [-0.1, -0.05) is 11.6 Å². The molecule has 0 radical (unpaired) electrons. The molecular formula is C13H12ClF3N2O3S. The van der Waals surface area contributed by atoms with Gasteiger partial charge in [-0.2, -0.15) is 13.2 Å². The van der Waals surface area contributed by atoms with Crippen molar-refractivity contribution in [1.29, 1.82) is 0 Å². The maximum atomic E-state index is 11.8. The number of nitrogens with one attached hydrogen (secondary N) is 2. The summed E-state index contributed by atoms with van der Waals surface area (Å²) in [5, 5.41) is 5.52. The van der Waals surface area contributed by atoms with Crippen LogP contribution in [-0.4, -0.2) is 29.8 Å². The third-order valence-corrected chi connectivity index (χ3v) is 2.76. The average molecular weight is 369 g/mol. The molecule has 0 saturated carbocycles. The number of alkyl halides is 3. The van der Waals surface area contributed by atoms with Crippen LogP contribution in [0.25, 0.3) is 0 Å².